The van der Waals surface area contributed by atoms with Gasteiger partial charge >= 0.3 is 0 Å². The van der Waals surface area contributed by atoms with Gasteiger partial charge in [0.2, 0.25) is 0 Å². The molecule has 0 radical (unpaired) electrons. The Morgan fingerprint density at radius 1 is 0.458 bits per heavy atom. The molecular weight excluding hydrogens is 376 g/mol. The van der Waals surface area contributed by atoms with Crippen LogP contribution in [0.5, 0.6) is 0 Å². The van der Waals surface area contributed by atoms with Gasteiger partial charge in [0.05, 0.1) is 0 Å². The van der Waals surface area contributed by atoms with Crippen LogP contribution in [0.3, 0.4) is 0 Å². The van der Waals surface area contributed by atoms with Crippen LogP contribution in [0.2, 0.25) is 0 Å². The van der Waals surface area contributed by atoms with Crippen LogP contribution in [0, 0.1) is 0 Å². The Morgan fingerprint density at radius 2 is 0.750 bits per heavy atom. The van der Waals surface area contributed by atoms with Gasteiger partial charge in [-0.1, -0.05) is 0 Å². The summed E-state index contributed by atoms with van der Waals surface area (Å²) in [4.78, 5) is 28.3. The van der Waals surface area contributed by atoms with Gasteiger partial charge in [0, 0.05) is 41.8 Å². The van der Waals surface area contributed by atoms with Gasteiger partial charge in [-0.15, -0.1) is 50.5 Å². The van der Waals surface area contributed by atoms with Crippen molar-refractivity contribution in [2.24, 2.45) is 0 Å². The Kier molecular flexibility index (Phi) is 3.76. The summed E-state index contributed by atoms with van der Waals surface area (Å²) >= 11 is 17.3. The molecule has 1 aliphatic rings. The third-order valence-corrected chi connectivity index (χ3v) is 6.00. The van der Waals surface area contributed by atoms with Crippen LogP contribution in [0.15, 0.2) is 56.0 Å². The minimum atomic E-state index is -0.180. The minimum absolute atomic E-state index is 0.180. The first-order chi connectivity index (χ1) is 11.4. The molecule has 0 heterocycles. The Labute approximate surface area is 160 Å². The minimum Gasteiger partial charge on any atom is -0.289 e. The molecule has 1 aliphatic carbocycles. The summed E-state index contributed by atoms with van der Waals surface area (Å²) in [6, 6.07) is 10.4. The highest BCUT2D eigenvalue weighted by Crippen LogP contribution is 2.35. The lowest BCUT2D eigenvalue weighted by Crippen LogP contribution is -2.21. The van der Waals surface area contributed by atoms with E-state index in [9.17, 15) is 9.59 Å². The van der Waals surface area contributed by atoms with Gasteiger partial charge in [0.1, 0.15) is 0 Å². The molecule has 0 bridgehead atoms. The molecule has 0 aliphatic heterocycles. The Hall–Kier alpha value is -1.34. The zero-order chi connectivity index (χ0) is 17.2. The maximum absolute atomic E-state index is 12.9. The molecule has 6 heteroatoms. The lowest BCUT2D eigenvalue weighted by Gasteiger charge is -2.19. The van der Waals surface area contributed by atoms with E-state index >= 15 is 0 Å². The molecule has 0 saturated heterocycles. The molecule has 0 aromatic heterocycles. The second-order valence-corrected chi connectivity index (χ2v) is 7.56. The van der Waals surface area contributed by atoms with Crippen LogP contribution in [-0.4, -0.2) is 11.6 Å². The standard InChI is InChI=1S/C18H10O2S4/c19-17-9-1-7-3-13(21)14(22)4-8(7)2-10(9)18(20)12-6-16(24)15(23)5-11(12)17/h1-6,21-24H. The summed E-state index contributed by atoms with van der Waals surface area (Å²) in [5.41, 5.74) is 1.54. The highest BCUT2D eigenvalue weighted by molar-refractivity contribution is 7.83. The first-order valence-electron chi connectivity index (χ1n) is 7.02. The van der Waals surface area contributed by atoms with E-state index in [1.165, 1.54) is 0 Å². The van der Waals surface area contributed by atoms with Crippen molar-refractivity contribution in [3.63, 3.8) is 0 Å². The van der Waals surface area contributed by atoms with Crippen LogP contribution in [0.1, 0.15) is 31.8 Å². The summed E-state index contributed by atoms with van der Waals surface area (Å²) in [5, 5.41) is 1.69. The van der Waals surface area contributed by atoms with E-state index in [4.69, 9.17) is 0 Å². The fourth-order valence-electron chi connectivity index (χ4n) is 2.94. The highest BCUT2D eigenvalue weighted by Gasteiger charge is 2.30. The van der Waals surface area contributed by atoms with E-state index < -0.39 is 0 Å². The van der Waals surface area contributed by atoms with Gasteiger partial charge in [-0.05, 0) is 47.2 Å². The van der Waals surface area contributed by atoms with Gasteiger partial charge in [-0.3, -0.25) is 9.59 Å². The van der Waals surface area contributed by atoms with Gasteiger partial charge < -0.3 is 0 Å². The molecule has 0 saturated carbocycles. The molecule has 0 spiro atoms. The van der Waals surface area contributed by atoms with E-state index in [1.54, 1.807) is 24.3 Å². The van der Waals surface area contributed by atoms with Gasteiger partial charge in [0.15, 0.2) is 11.6 Å². The van der Waals surface area contributed by atoms with E-state index in [-0.39, 0.29) is 11.6 Å². The molecule has 118 valence electrons. The average Bonchev–Trinajstić information content (AvgIpc) is 2.54. The SMILES string of the molecule is O=C1c2cc(S)c(S)cc2C(=O)c2cc3cc(S)c(S)cc3cc21. The molecule has 0 fully saturated rings. The number of carbonyl (C=O) groups is 2. The van der Waals surface area contributed by atoms with Crippen LogP contribution in [0.25, 0.3) is 10.8 Å². The smallest absolute Gasteiger partial charge is 0.194 e. The third kappa shape index (κ3) is 2.32. The van der Waals surface area contributed by atoms with Crippen molar-refractivity contribution in [2.75, 3.05) is 0 Å². The van der Waals surface area contributed by atoms with Gasteiger partial charge in [0.25, 0.3) is 0 Å². The number of fused-ring (bicyclic) bond motifs is 3. The molecule has 2 nitrogen and oxygen atoms in total. The fourth-order valence-corrected chi connectivity index (χ4v) is 3.74. The first-order valence-corrected chi connectivity index (χ1v) is 8.81. The van der Waals surface area contributed by atoms with Crippen LogP contribution in [0.4, 0.5) is 0 Å². The van der Waals surface area contributed by atoms with E-state index in [0.717, 1.165) is 20.6 Å². The summed E-state index contributed by atoms with van der Waals surface area (Å²) in [6.45, 7) is 0. The van der Waals surface area contributed by atoms with Gasteiger partial charge in [-0.25, -0.2) is 0 Å². The topological polar surface area (TPSA) is 34.1 Å². The van der Waals surface area contributed by atoms with Crippen molar-refractivity contribution >= 4 is 72.9 Å². The normalized spacial score (nSPS) is 13.2. The second-order valence-electron chi connectivity index (χ2n) is 5.63. The molecule has 4 rings (SSSR count). The highest BCUT2D eigenvalue weighted by atomic mass is 32.1. The summed E-state index contributed by atoms with van der Waals surface area (Å²) < 4.78 is 0. The van der Waals surface area contributed by atoms with E-state index in [1.807, 2.05) is 12.1 Å². The lowest BCUT2D eigenvalue weighted by atomic mass is 9.83. The van der Waals surface area contributed by atoms with Crippen LogP contribution >= 0.6 is 50.5 Å². The van der Waals surface area contributed by atoms with E-state index in [0.29, 0.717) is 32.0 Å². The van der Waals surface area contributed by atoms with Crippen molar-refractivity contribution in [1.29, 1.82) is 0 Å². The number of hydrogen-bond donors (Lipinski definition) is 4. The number of carbonyl (C=O) groups excluding carboxylic acids is 2. The Bertz CT molecular complexity index is 1000. The summed E-state index contributed by atoms with van der Waals surface area (Å²) in [7, 11) is 0. The molecule has 0 atom stereocenters. The molecule has 0 N–H and O–H groups in total. The summed E-state index contributed by atoms with van der Waals surface area (Å²) in [6.07, 6.45) is 0. The second kappa shape index (κ2) is 5.59. The molecule has 3 aromatic rings. The van der Waals surface area contributed by atoms with Gasteiger partial charge in [-0.2, -0.15) is 0 Å². The van der Waals surface area contributed by atoms with Crippen molar-refractivity contribution in [3.8, 4) is 0 Å². The number of rotatable bonds is 0. The predicted octanol–water partition coefficient (Wildman–Crippen LogP) is 4.77. The molecule has 24 heavy (non-hydrogen) atoms. The van der Waals surface area contributed by atoms with Crippen LogP contribution < -0.4 is 0 Å². The van der Waals surface area contributed by atoms with Crippen molar-refractivity contribution < 1.29 is 9.59 Å². The first kappa shape index (κ1) is 16.1. The van der Waals surface area contributed by atoms with Crippen molar-refractivity contribution in [1.82, 2.24) is 0 Å². The maximum atomic E-state index is 12.9. The number of hydrogen-bond acceptors (Lipinski definition) is 6. The fraction of sp³-hybridized carbons (Fsp3) is 0. The quantitative estimate of drug-likeness (QED) is 0.329. The number of thiol groups is 4. The maximum Gasteiger partial charge on any atom is 0.194 e. The zero-order valence-corrected chi connectivity index (χ0v) is 15.6. The van der Waals surface area contributed by atoms with Crippen LogP contribution in [-0.2, 0) is 0 Å². The lowest BCUT2D eigenvalue weighted by molar-refractivity contribution is 0.0979. The molecule has 0 amide bonds. The molecule has 0 unspecified atom stereocenters. The number of benzene rings is 3. The van der Waals surface area contributed by atoms with Crippen molar-refractivity contribution in [2.45, 2.75) is 19.6 Å². The third-order valence-electron chi connectivity index (χ3n) is 4.16. The zero-order valence-electron chi connectivity index (χ0n) is 12.1. The average molecular weight is 387 g/mol. The predicted molar refractivity (Wildman–Crippen MR) is 106 cm³/mol. The summed E-state index contributed by atoms with van der Waals surface area (Å²) in [5.74, 6) is -0.360. The molecule has 3 aromatic carbocycles. The van der Waals surface area contributed by atoms with E-state index in [2.05, 4.69) is 50.5 Å². The Morgan fingerprint density at radius 3 is 1.12 bits per heavy atom. The largest absolute Gasteiger partial charge is 0.289 e. The monoisotopic (exact) mass is 386 g/mol. The molecular formula is C18H10O2S4. The van der Waals surface area contributed by atoms with Crippen molar-refractivity contribution in [3.05, 3.63) is 58.7 Å². The Balaban J connectivity index is 2.04. The number of ketones is 2.